The van der Waals surface area contributed by atoms with E-state index in [9.17, 15) is 0 Å². The van der Waals surface area contributed by atoms with Gasteiger partial charge in [0, 0.05) is 24.6 Å². The predicted molar refractivity (Wildman–Crippen MR) is 162 cm³/mol. The van der Waals surface area contributed by atoms with Crippen molar-refractivity contribution in [1.82, 2.24) is 19.9 Å². The van der Waals surface area contributed by atoms with Crippen molar-refractivity contribution in [2.45, 2.75) is 31.7 Å². The molecule has 9 heteroatoms. The normalized spacial score (nSPS) is 15.6. The molecule has 5 rings (SSSR count). The van der Waals surface area contributed by atoms with Crippen LogP contribution in [0.1, 0.15) is 31.4 Å². The van der Waals surface area contributed by atoms with Gasteiger partial charge in [-0.3, -0.25) is 9.59 Å². The van der Waals surface area contributed by atoms with Gasteiger partial charge < -0.3 is 25.5 Å². The van der Waals surface area contributed by atoms with Gasteiger partial charge in [0.1, 0.15) is 41.3 Å². The molecule has 2 aromatic carbocycles. The molecule has 0 radical (unpaired) electrons. The lowest BCUT2D eigenvalue weighted by molar-refractivity contribution is -0.122. The van der Waals surface area contributed by atoms with Gasteiger partial charge in [0.25, 0.3) is 6.47 Å². The quantitative estimate of drug-likeness (QED) is 0.174. The molecule has 0 saturated heterocycles. The maximum absolute atomic E-state index is 9.06. The fourth-order valence-corrected chi connectivity index (χ4v) is 4.71. The molecule has 2 heterocycles. The van der Waals surface area contributed by atoms with Crippen LogP contribution in [0.3, 0.4) is 0 Å². The third-order valence-electron chi connectivity index (χ3n) is 6.74. The number of aldehydes is 1. The summed E-state index contributed by atoms with van der Waals surface area (Å²) in [5.74, 6) is 9.48. The minimum atomic E-state index is -0.250. The van der Waals surface area contributed by atoms with Gasteiger partial charge in [-0.2, -0.15) is 0 Å². The van der Waals surface area contributed by atoms with E-state index in [1.165, 1.54) is 25.2 Å². The van der Waals surface area contributed by atoms with Crippen molar-refractivity contribution in [2.24, 2.45) is 13.0 Å². The first-order valence-corrected chi connectivity index (χ1v) is 13.2. The first-order valence-electron chi connectivity index (χ1n) is 13.2. The third-order valence-corrected chi connectivity index (χ3v) is 6.74. The number of carbonyl (C=O) groups is 2. The SMILES string of the molecule is C=CC=O.CNC1CCC(C#Cc2c(-c3ccc(Oc4ccccc4)cc3)c3c(N)ncnc3n2C)CC1.O=CO. The molecule has 4 N–H and O–H groups in total. The van der Waals surface area contributed by atoms with E-state index in [2.05, 4.69) is 33.7 Å². The lowest BCUT2D eigenvalue weighted by Gasteiger charge is -2.24. The number of para-hydroxylation sites is 1. The van der Waals surface area contributed by atoms with Gasteiger partial charge in [0.2, 0.25) is 0 Å². The van der Waals surface area contributed by atoms with Crippen LogP contribution in [0.5, 0.6) is 11.5 Å². The monoisotopic (exact) mass is 553 g/mol. The Morgan fingerprint density at radius 2 is 1.66 bits per heavy atom. The molecule has 0 aliphatic heterocycles. The number of aromatic nitrogens is 3. The number of anilines is 1. The number of nitrogens with two attached hydrogens (primary N) is 1. The highest BCUT2D eigenvalue weighted by Gasteiger charge is 2.21. The number of hydrogen-bond donors (Lipinski definition) is 3. The van der Waals surface area contributed by atoms with Gasteiger partial charge in [0.05, 0.1) is 5.39 Å². The third kappa shape index (κ3) is 8.03. The first-order chi connectivity index (χ1) is 20.0. The Morgan fingerprint density at radius 1 is 1.05 bits per heavy atom. The molecule has 9 nitrogen and oxygen atoms in total. The summed E-state index contributed by atoms with van der Waals surface area (Å²) in [7, 11) is 4.03. The molecule has 0 unspecified atom stereocenters. The molecule has 2 aromatic heterocycles. The number of fused-ring (bicyclic) bond motifs is 1. The number of hydrogen-bond acceptors (Lipinski definition) is 7. The predicted octanol–water partition coefficient (Wildman–Crippen LogP) is 5.21. The van der Waals surface area contributed by atoms with Crippen molar-refractivity contribution in [3.05, 3.63) is 79.3 Å². The molecule has 0 amide bonds. The van der Waals surface area contributed by atoms with Gasteiger partial charge >= 0.3 is 0 Å². The number of rotatable bonds is 5. The number of aryl methyl sites for hydroxylation is 1. The topological polar surface area (TPSA) is 132 Å². The standard InChI is InChI=1S/C28H29N5O.C3H4O.CH2O2/c1-30-21-13-8-19(9-14-21)10-17-24-25(26-27(29)31-18-32-28(26)33(24)2)20-11-15-23(16-12-20)34-22-6-4-3-5-7-22;1-2-3-4;2-1-3/h3-7,11-12,15-16,18-19,21,30H,8-9,13-14H2,1-2H3,(H2,29,31,32);2-3H,1H2;1H,(H,2,3). The average molecular weight is 554 g/mol. The Kier molecular flexibility index (Phi) is 11.6. The molecule has 1 saturated carbocycles. The van der Waals surface area contributed by atoms with Crippen molar-refractivity contribution in [1.29, 1.82) is 0 Å². The minimum Gasteiger partial charge on any atom is -0.483 e. The van der Waals surface area contributed by atoms with E-state index in [1.54, 1.807) is 0 Å². The van der Waals surface area contributed by atoms with E-state index in [-0.39, 0.29) is 6.47 Å². The summed E-state index contributed by atoms with van der Waals surface area (Å²) in [6.07, 6.45) is 7.91. The number of allylic oxidation sites excluding steroid dienone is 1. The van der Waals surface area contributed by atoms with E-state index < -0.39 is 0 Å². The molecular weight excluding hydrogens is 518 g/mol. The van der Waals surface area contributed by atoms with Gasteiger partial charge in [-0.25, -0.2) is 9.97 Å². The van der Waals surface area contributed by atoms with E-state index >= 15 is 0 Å². The number of nitrogens with zero attached hydrogens (tertiary/aromatic N) is 3. The van der Waals surface area contributed by atoms with Gasteiger partial charge in [-0.05, 0) is 74.6 Å². The van der Waals surface area contributed by atoms with Crippen molar-refractivity contribution in [3.8, 4) is 34.5 Å². The highest BCUT2D eigenvalue weighted by Crippen LogP contribution is 2.37. The fraction of sp³-hybridized carbons (Fsp3) is 0.250. The molecule has 1 fully saturated rings. The van der Waals surface area contributed by atoms with Crippen LogP contribution in [0.4, 0.5) is 5.82 Å². The zero-order valence-corrected chi connectivity index (χ0v) is 23.3. The molecule has 1 aliphatic rings. The molecule has 1 aliphatic carbocycles. The lowest BCUT2D eigenvalue weighted by atomic mass is 9.86. The highest BCUT2D eigenvalue weighted by atomic mass is 16.5. The van der Waals surface area contributed by atoms with E-state index in [1.807, 2.05) is 73.3 Å². The van der Waals surface area contributed by atoms with Crippen LogP contribution < -0.4 is 15.8 Å². The molecule has 212 valence electrons. The first kappa shape index (κ1) is 30.6. The Morgan fingerprint density at radius 3 is 2.24 bits per heavy atom. The number of nitrogen functional groups attached to an aromatic ring is 1. The number of carboxylic acid groups (broad SMARTS) is 1. The van der Waals surface area contributed by atoms with Gasteiger partial charge in [0.15, 0.2) is 0 Å². The van der Waals surface area contributed by atoms with Crippen molar-refractivity contribution in [2.75, 3.05) is 12.8 Å². The Labute approximate surface area is 240 Å². The number of ether oxygens (including phenoxy) is 1. The molecule has 0 atom stereocenters. The summed E-state index contributed by atoms with van der Waals surface area (Å²) in [5, 5.41) is 11.1. The van der Waals surface area contributed by atoms with E-state index in [0.717, 1.165) is 52.2 Å². The van der Waals surface area contributed by atoms with Crippen LogP contribution in [0.2, 0.25) is 0 Å². The number of benzene rings is 2. The van der Waals surface area contributed by atoms with E-state index in [0.29, 0.717) is 24.1 Å². The molecule has 0 spiro atoms. The maximum atomic E-state index is 9.06. The summed E-state index contributed by atoms with van der Waals surface area (Å²) >= 11 is 0. The smallest absolute Gasteiger partial charge is 0.290 e. The van der Waals surface area contributed by atoms with Crippen LogP contribution in [0.25, 0.3) is 22.2 Å². The summed E-state index contributed by atoms with van der Waals surface area (Å²) in [6.45, 7) is 2.86. The molecule has 0 bridgehead atoms. The van der Waals surface area contributed by atoms with Crippen LogP contribution in [0.15, 0.2) is 73.6 Å². The Balaban J connectivity index is 0.000000598. The number of nitrogens with one attached hydrogen (secondary N) is 1. The molecule has 4 aromatic rings. The van der Waals surface area contributed by atoms with Crippen LogP contribution in [-0.4, -0.2) is 45.5 Å². The minimum absolute atomic E-state index is 0.250. The molecular formula is C32H35N5O4. The zero-order valence-electron chi connectivity index (χ0n) is 23.3. The number of carbonyl (C=O) groups excluding carboxylic acids is 1. The second-order valence-electron chi connectivity index (χ2n) is 9.26. The van der Waals surface area contributed by atoms with Gasteiger partial charge in [-0.1, -0.05) is 42.8 Å². The van der Waals surface area contributed by atoms with Crippen LogP contribution in [0, 0.1) is 17.8 Å². The largest absolute Gasteiger partial charge is 0.483 e. The molecule has 41 heavy (non-hydrogen) atoms. The Hall–Kier alpha value is -4.94. The fourth-order valence-electron chi connectivity index (χ4n) is 4.71. The second-order valence-corrected chi connectivity index (χ2v) is 9.26. The Bertz CT molecular complexity index is 1490. The van der Waals surface area contributed by atoms with Crippen LogP contribution in [-0.2, 0) is 16.6 Å². The van der Waals surface area contributed by atoms with E-state index in [4.69, 9.17) is 25.2 Å². The second kappa shape index (κ2) is 15.6. The van der Waals surface area contributed by atoms with Crippen molar-refractivity contribution < 1.29 is 19.4 Å². The summed E-state index contributed by atoms with van der Waals surface area (Å²) in [6, 6.07) is 18.4. The summed E-state index contributed by atoms with van der Waals surface area (Å²) in [5.41, 5.74) is 10.0. The summed E-state index contributed by atoms with van der Waals surface area (Å²) in [4.78, 5) is 26.2. The summed E-state index contributed by atoms with van der Waals surface area (Å²) < 4.78 is 8.00. The van der Waals surface area contributed by atoms with Crippen LogP contribution >= 0.6 is 0 Å². The highest BCUT2D eigenvalue weighted by molar-refractivity contribution is 6.03. The van der Waals surface area contributed by atoms with Gasteiger partial charge in [-0.15, -0.1) is 0 Å². The van der Waals surface area contributed by atoms with Crippen molar-refractivity contribution in [3.63, 3.8) is 0 Å². The lowest BCUT2D eigenvalue weighted by Crippen LogP contribution is -2.29. The maximum Gasteiger partial charge on any atom is 0.290 e. The van der Waals surface area contributed by atoms with Crippen molar-refractivity contribution >= 4 is 29.6 Å². The zero-order chi connectivity index (χ0) is 29.6. The average Bonchev–Trinajstić information content (AvgIpc) is 3.30.